The van der Waals surface area contributed by atoms with Gasteiger partial charge >= 0.3 is 6.18 Å². The van der Waals surface area contributed by atoms with Gasteiger partial charge in [0.2, 0.25) is 15.8 Å². The summed E-state index contributed by atoms with van der Waals surface area (Å²) in [5.74, 6) is -5.03. The predicted octanol–water partition coefficient (Wildman–Crippen LogP) is 3.82. The number of sulfonamides is 1. The number of rotatable bonds is 3. The minimum Gasteiger partial charge on any atom is -0.350 e. The third kappa shape index (κ3) is 3.82. The molecule has 0 spiro atoms. The summed E-state index contributed by atoms with van der Waals surface area (Å²) < 4.78 is 95.6. The van der Waals surface area contributed by atoms with Crippen LogP contribution in [0.25, 0.3) is 22.4 Å². The summed E-state index contributed by atoms with van der Waals surface area (Å²) in [6, 6.07) is 7.81. The molecule has 0 saturated carbocycles. The van der Waals surface area contributed by atoms with E-state index in [9.17, 15) is 30.4 Å². The van der Waals surface area contributed by atoms with Crippen molar-refractivity contribution >= 4 is 10.0 Å². The predicted molar refractivity (Wildman–Crippen MR) is 88.4 cm³/mol. The molecule has 12 heteroatoms. The molecule has 0 fully saturated rings. The van der Waals surface area contributed by atoms with Gasteiger partial charge in [0.1, 0.15) is 17.3 Å². The van der Waals surface area contributed by atoms with Crippen molar-refractivity contribution in [1.29, 1.82) is 5.26 Å². The number of nitrogens with zero attached hydrogens (tertiary/aromatic N) is 2. The smallest absolute Gasteiger partial charge is 0.350 e. The normalized spacial score (nSPS) is 12.0. The molecule has 29 heavy (non-hydrogen) atoms. The van der Waals surface area contributed by atoms with E-state index in [1.54, 1.807) is 6.07 Å². The first-order valence-electron chi connectivity index (χ1n) is 7.53. The van der Waals surface area contributed by atoms with Gasteiger partial charge in [-0.25, -0.2) is 22.3 Å². The van der Waals surface area contributed by atoms with Crippen LogP contribution in [0.3, 0.4) is 0 Å². The third-order valence-corrected chi connectivity index (χ3v) is 4.75. The molecule has 150 valence electrons. The zero-order chi connectivity index (χ0) is 21.6. The Bertz CT molecular complexity index is 1240. The van der Waals surface area contributed by atoms with Crippen molar-refractivity contribution in [2.24, 2.45) is 5.14 Å². The van der Waals surface area contributed by atoms with Crippen LogP contribution < -0.4 is 5.14 Å². The number of primary sulfonamides is 1. The zero-order valence-corrected chi connectivity index (χ0v) is 14.8. The zero-order valence-electron chi connectivity index (χ0n) is 14.0. The number of halogens is 5. The SMILES string of the molecule is N#Cc1cccc(-c2noc(C(F)(F)F)c2-c2cc(F)c(S(N)(=O)=O)c(F)c2)c1. The van der Waals surface area contributed by atoms with Crippen LogP contribution in [0, 0.1) is 23.0 Å². The molecule has 0 saturated heterocycles. The molecule has 0 amide bonds. The molecule has 0 radical (unpaired) electrons. The van der Waals surface area contributed by atoms with E-state index < -0.39 is 55.3 Å². The third-order valence-electron chi connectivity index (χ3n) is 3.79. The molecular weight excluding hydrogens is 421 g/mol. The highest BCUT2D eigenvalue weighted by molar-refractivity contribution is 7.89. The van der Waals surface area contributed by atoms with Crippen LogP contribution in [0.2, 0.25) is 0 Å². The number of nitriles is 1. The van der Waals surface area contributed by atoms with Gasteiger partial charge in [-0.05, 0) is 29.8 Å². The Morgan fingerprint density at radius 2 is 1.69 bits per heavy atom. The highest BCUT2D eigenvalue weighted by Gasteiger charge is 2.41. The molecule has 0 atom stereocenters. The van der Waals surface area contributed by atoms with Crippen molar-refractivity contribution in [2.75, 3.05) is 0 Å². The van der Waals surface area contributed by atoms with E-state index in [1.807, 2.05) is 0 Å². The van der Waals surface area contributed by atoms with Crippen molar-refractivity contribution in [3.8, 4) is 28.5 Å². The highest BCUT2D eigenvalue weighted by atomic mass is 32.2. The fourth-order valence-corrected chi connectivity index (χ4v) is 3.32. The van der Waals surface area contributed by atoms with Crippen molar-refractivity contribution in [1.82, 2.24) is 5.16 Å². The Balaban J connectivity index is 2.34. The first kappa shape index (κ1) is 20.4. The van der Waals surface area contributed by atoms with E-state index in [1.165, 1.54) is 24.3 Å². The number of hydrogen-bond acceptors (Lipinski definition) is 5. The van der Waals surface area contributed by atoms with Crippen LogP contribution in [0.4, 0.5) is 22.0 Å². The van der Waals surface area contributed by atoms with Gasteiger partial charge in [-0.2, -0.15) is 18.4 Å². The quantitative estimate of drug-likeness (QED) is 0.637. The largest absolute Gasteiger partial charge is 0.453 e. The second-order valence-electron chi connectivity index (χ2n) is 5.74. The van der Waals surface area contributed by atoms with E-state index in [0.717, 1.165) is 0 Å². The standard InChI is InChI=1S/C17H8F5N3O3S/c18-11-5-10(6-12(19)15(11)29(24,26)27)13-14(25-28-16(13)17(20,21)22)9-3-1-2-8(4-9)7-23/h1-6H,(H2,24,26,27). The average molecular weight is 429 g/mol. The molecule has 1 heterocycles. The summed E-state index contributed by atoms with van der Waals surface area (Å²) >= 11 is 0. The van der Waals surface area contributed by atoms with Crippen LogP contribution in [0.5, 0.6) is 0 Å². The molecule has 3 rings (SSSR count). The van der Waals surface area contributed by atoms with Gasteiger partial charge in [0.15, 0.2) is 4.90 Å². The Kier molecular flexibility index (Phi) is 4.89. The molecule has 1 aromatic heterocycles. The molecule has 0 unspecified atom stereocenters. The van der Waals surface area contributed by atoms with Crippen molar-refractivity contribution in [3.63, 3.8) is 0 Å². The van der Waals surface area contributed by atoms with Crippen LogP contribution in [-0.2, 0) is 16.2 Å². The average Bonchev–Trinajstić information content (AvgIpc) is 3.05. The van der Waals surface area contributed by atoms with Gasteiger partial charge < -0.3 is 4.52 Å². The van der Waals surface area contributed by atoms with Gasteiger partial charge in [-0.3, -0.25) is 0 Å². The van der Waals surface area contributed by atoms with Gasteiger partial charge in [0.05, 0.1) is 17.2 Å². The van der Waals surface area contributed by atoms with Gasteiger partial charge in [-0.1, -0.05) is 17.3 Å². The van der Waals surface area contributed by atoms with Gasteiger partial charge in [0.25, 0.3) is 0 Å². The van der Waals surface area contributed by atoms with Crippen molar-refractivity contribution < 1.29 is 34.9 Å². The Labute approximate surface area is 160 Å². The molecule has 6 nitrogen and oxygen atoms in total. The molecule has 2 N–H and O–H groups in total. The topological polar surface area (TPSA) is 110 Å². The number of aromatic nitrogens is 1. The summed E-state index contributed by atoms with van der Waals surface area (Å²) in [4.78, 5) is -1.49. The fraction of sp³-hybridized carbons (Fsp3) is 0.0588. The number of hydrogen-bond donors (Lipinski definition) is 1. The molecule has 0 bridgehead atoms. The maximum atomic E-state index is 14.2. The molecule has 0 aliphatic heterocycles. The molecular formula is C17H8F5N3O3S. The minimum absolute atomic E-state index is 0.00893. The second kappa shape index (κ2) is 6.94. The first-order chi connectivity index (χ1) is 13.4. The summed E-state index contributed by atoms with van der Waals surface area (Å²) in [7, 11) is -4.81. The Morgan fingerprint density at radius 1 is 1.07 bits per heavy atom. The summed E-state index contributed by atoms with van der Waals surface area (Å²) in [5.41, 5.74) is -1.86. The lowest BCUT2D eigenvalue weighted by Crippen LogP contribution is -2.16. The van der Waals surface area contributed by atoms with E-state index in [-0.39, 0.29) is 11.1 Å². The van der Waals surface area contributed by atoms with E-state index in [4.69, 9.17) is 10.4 Å². The summed E-state index contributed by atoms with van der Waals surface area (Å²) in [6.45, 7) is 0. The van der Waals surface area contributed by atoms with Crippen molar-refractivity contribution in [3.05, 3.63) is 59.4 Å². The number of benzene rings is 2. The first-order valence-corrected chi connectivity index (χ1v) is 9.07. The van der Waals surface area contributed by atoms with Crippen LogP contribution in [-0.4, -0.2) is 13.6 Å². The lowest BCUT2D eigenvalue weighted by atomic mass is 9.97. The molecule has 3 aromatic rings. The van der Waals surface area contributed by atoms with E-state index >= 15 is 0 Å². The maximum Gasteiger partial charge on any atom is 0.453 e. The Morgan fingerprint density at radius 3 is 2.21 bits per heavy atom. The van der Waals surface area contributed by atoms with Crippen LogP contribution in [0.1, 0.15) is 11.3 Å². The van der Waals surface area contributed by atoms with E-state index in [2.05, 4.69) is 9.68 Å². The van der Waals surface area contributed by atoms with Crippen LogP contribution >= 0.6 is 0 Å². The number of nitrogens with two attached hydrogens (primary N) is 1. The maximum absolute atomic E-state index is 14.2. The van der Waals surface area contributed by atoms with Crippen LogP contribution in [0.15, 0.2) is 45.8 Å². The second-order valence-corrected chi connectivity index (χ2v) is 7.24. The van der Waals surface area contributed by atoms with Crippen molar-refractivity contribution in [2.45, 2.75) is 11.1 Å². The summed E-state index contributed by atoms with van der Waals surface area (Å²) in [5, 5.41) is 17.0. The minimum atomic E-state index is -5.08. The highest BCUT2D eigenvalue weighted by Crippen LogP contribution is 2.43. The number of alkyl halides is 3. The lowest BCUT2D eigenvalue weighted by molar-refractivity contribution is -0.154. The van der Waals surface area contributed by atoms with Gasteiger partial charge in [0, 0.05) is 5.56 Å². The molecule has 0 aliphatic carbocycles. The van der Waals surface area contributed by atoms with E-state index in [0.29, 0.717) is 12.1 Å². The molecule has 0 aliphatic rings. The lowest BCUT2D eigenvalue weighted by Gasteiger charge is -2.10. The Hall–Kier alpha value is -3.30. The fourth-order valence-electron chi connectivity index (χ4n) is 2.66. The molecule has 2 aromatic carbocycles. The monoisotopic (exact) mass is 429 g/mol. The van der Waals surface area contributed by atoms with Gasteiger partial charge in [-0.15, -0.1) is 0 Å². The summed E-state index contributed by atoms with van der Waals surface area (Å²) in [6.07, 6.45) is -5.08.